The first-order chi connectivity index (χ1) is 15.0. The number of imidazole rings is 1. The third-order valence-electron chi connectivity index (χ3n) is 4.95. The van der Waals surface area contributed by atoms with Crippen LogP contribution in [0.25, 0.3) is 5.65 Å². The van der Waals surface area contributed by atoms with Crippen LogP contribution in [0, 0.1) is 18.6 Å². The molecule has 2 aromatic heterocycles. The Kier molecular flexibility index (Phi) is 6.73. The highest BCUT2D eigenvalue weighted by atomic mass is 19.1. The highest BCUT2D eigenvalue weighted by Gasteiger charge is 2.24. The number of nitrogens with two attached hydrogens (primary N) is 1. The van der Waals surface area contributed by atoms with Crippen LogP contribution in [0.4, 0.5) is 17.6 Å². The van der Waals surface area contributed by atoms with Gasteiger partial charge >= 0.3 is 0 Å². The molecule has 3 rings (SSSR count). The topological polar surface area (TPSA) is 81.7 Å². The Morgan fingerprint density at radius 2 is 2.00 bits per heavy atom. The molecule has 0 radical (unpaired) electrons. The van der Waals surface area contributed by atoms with Gasteiger partial charge in [0.1, 0.15) is 36.8 Å². The summed E-state index contributed by atoms with van der Waals surface area (Å²) in [6.07, 6.45) is -0.0353. The quantitative estimate of drug-likeness (QED) is 0.507. The monoisotopic (exact) mass is 452 g/mol. The van der Waals surface area contributed by atoms with Gasteiger partial charge in [-0.1, -0.05) is 6.07 Å². The maximum atomic E-state index is 14.2. The average Bonchev–Trinajstić information content (AvgIpc) is 3.07. The Labute approximate surface area is 182 Å². The summed E-state index contributed by atoms with van der Waals surface area (Å²) in [6.45, 7) is 2.88. The van der Waals surface area contributed by atoms with Crippen LogP contribution in [0.3, 0.4) is 0 Å². The van der Waals surface area contributed by atoms with E-state index in [1.807, 2.05) is 0 Å². The predicted molar refractivity (Wildman–Crippen MR) is 111 cm³/mol. The van der Waals surface area contributed by atoms with Gasteiger partial charge in [0.15, 0.2) is 11.4 Å². The lowest BCUT2D eigenvalue weighted by atomic mass is 10.1. The standard InChI is InChI=1S/C22H24F4N4O2/c1-12(24)14-7-18(32-9-15-16(25)5-4-6-17(15)26)20-29-13(2)19(30(20)8-14)21(31)28-11-22(3,27)10-23/h4-8,12H,9-11,27H2,1-3H3,(H,28,31). The first kappa shape index (κ1) is 23.5. The molecule has 0 bridgehead atoms. The van der Waals surface area contributed by atoms with Crippen LogP contribution >= 0.6 is 0 Å². The minimum Gasteiger partial charge on any atom is -0.485 e. The van der Waals surface area contributed by atoms with E-state index in [2.05, 4.69) is 10.3 Å². The number of aromatic nitrogens is 2. The zero-order valence-electron chi connectivity index (χ0n) is 17.9. The van der Waals surface area contributed by atoms with Crippen molar-refractivity contribution in [3.63, 3.8) is 0 Å². The van der Waals surface area contributed by atoms with Crippen molar-refractivity contribution in [1.29, 1.82) is 0 Å². The van der Waals surface area contributed by atoms with Crippen molar-refractivity contribution in [1.82, 2.24) is 14.7 Å². The molecule has 0 spiro atoms. The summed E-state index contributed by atoms with van der Waals surface area (Å²) in [6, 6.07) is 4.80. The summed E-state index contributed by atoms with van der Waals surface area (Å²) in [4.78, 5) is 17.1. The molecule has 0 saturated carbocycles. The fourth-order valence-corrected chi connectivity index (χ4v) is 3.08. The summed E-state index contributed by atoms with van der Waals surface area (Å²) in [5.74, 6) is -2.11. The van der Waals surface area contributed by atoms with E-state index in [1.165, 1.54) is 36.6 Å². The molecule has 6 nitrogen and oxygen atoms in total. The number of carbonyl (C=O) groups excluding carboxylic acids is 1. The highest BCUT2D eigenvalue weighted by molar-refractivity contribution is 5.95. The minimum atomic E-state index is -1.43. The number of alkyl halides is 2. The van der Waals surface area contributed by atoms with E-state index in [-0.39, 0.29) is 34.8 Å². The highest BCUT2D eigenvalue weighted by Crippen LogP contribution is 2.29. The first-order valence-corrected chi connectivity index (χ1v) is 9.89. The van der Waals surface area contributed by atoms with Gasteiger partial charge in [-0.3, -0.25) is 9.20 Å². The van der Waals surface area contributed by atoms with Gasteiger partial charge in [0.05, 0.1) is 16.8 Å². The Balaban J connectivity index is 2.01. The molecule has 10 heteroatoms. The zero-order valence-corrected chi connectivity index (χ0v) is 17.9. The lowest BCUT2D eigenvalue weighted by Crippen LogP contribution is -2.49. The van der Waals surface area contributed by atoms with Gasteiger partial charge in [0.25, 0.3) is 5.91 Å². The number of carbonyl (C=O) groups is 1. The molecule has 0 aliphatic carbocycles. The van der Waals surface area contributed by atoms with E-state index >= 15 is 0 Å². The minimum absolute atomic E-state index is 0.0456. The molecule has 1 amide bonds. The molecule has 0 aliphatic heterocycles. The second-order valence-corrected chi connectivity index (χ2v) is 7.95. The van der Waals surface area contributed by atoms with Gasteiger partial charge in [0, 0.05) is 18.3 Å². The number of aryl methyl sites for hydroxylation is 1. The Hall–Kier alpha value is -3.14. The normalized spacial score (nSPS) is 14.2. The van der Waals surface area contributed by atoms with Crippen molar-refractivity contribution < 1.29 is 27.1 Å². The summed E-state index contributed by atoms with van der Waals surface area (Å²) < 4.78 is 62.0. The van der Waals surface area contributed by atoms with Gasteiger partial charge in [0.2, 0.25) is 0 Å². The lowest BCUT2D eigenvalue weighted by molar-refractivity contribution is 0.0935. The third kappa shape index (κ3) is 4.85. The molecule has 1 aromatic carbocycles. The number of nitrogens with zero attached hydrogens (tertiary/aromatic N) is 2. The van der Waals surface area contributed by atoms with Crippen molar-refractivity contribution in [3.05, 3.63) is 64.6 Å². The molecular formula is C22H24F4N4O2. The van der Waals surface area contributed by atoms with E-state index in [4.69, 9.17) is 10.5 Å². The number of fused-ring (bicyclic) bond motifs is 1. The molecule has 2 atom stereocenters. The van der Waals surface area contributed by atoms with Crippen LogP contribution in [-0.4, -0.2) is 34.1 Å². The van der Waals surface area contributed by atoms with Gasteiger partial charge in [-0.2, -0.15) is 0 Å². The molecule has 2 unspecified atom stereocenters. The number of pyridine rings is 1. The number of ether oxygens (including phenoxy) is 1. The van der Waals surface area contributed by atoms with E-state index < -0.39 is 42.5 Å². The van der Waals surface area contributed by atoms with Crippen LogP contribution in [0.5, 0.6) is 5.75 Å². The van der Waals surface area contributed by atoms with Gasteiger partial charge < -0.3 is 15.8 Å². The molecule has 32 heavy (non-hydrogen) atoms. The number of nitrogens with one attached hydrogen (secondary N) is 1. The van der Waals surface area contributed by atoms with E-state index in [1.54, 1.807) is 6.92 Å². The Morgan fingerprint density at radius 1 is 1.34 bits per heavy atom. The Morgan fingerprint density at radius 3 is 2.59 bits per heavy atom. The molecular weight excluding hydrogens is 428 g/mol. The average molecular weight is 452 g/mol. The molecule has 2 heterocycles. The second kappa shape index (κ2) is 9.15. The Bertz CT molecular complexity index is 1120. The van der Waals surface area contributed by atoms with Crippen LogP contribution < -0.4 is 15.8 Å². The summed E-state index contributed by atoms with van der Waals surface area (Å²) in [7, 11) is 0. The van der Waals surface area contributed by atoms with Crippen molar-refractivity contribution in [2.45, 2.75) is 39.1 Å². The number of hydrogen-bond acceptors (Lipinski definition) is 4. The van der Waals surface area contributed by atoms with Crippen molar-refractivity contribution >= 4 is 11.6 Å². The third-order valence-corrected chi connectivity index (χ3v) is 4.95. The largest absolute Gasteiger partial charge is 0.485 e. The van der Waals surface area contributed by atoms with Crippen LogP contribution in [0.1, 0.15) is 47.3 Å². The molecule has 3 aromatic rings. The molecule has 0 aliphatic rings. The lowest BCUT2D eigenvalue weighted by Gasteiger charge is -2.20. The number of amides is 1. The van der Waals surface area contributed by atoms with Gasteiger partial charge in [-0.25, -0.2) is 22.5 Å². The summed E-state index contributed by atoms with van der Waals surface area (Å²) in [5.41, 5.74) is 4.90. The predicted octanol–water partition coefficient (Wildman–Crippen LogP) is 3.95. The van der Waals surface area contributed by atoms with Gasteiger partial charge in [-0.15, -0.1) is 0 Å². The van der Waals surface area contributed by atoms with E-state index in [9.17, 15) is 22.4 Å². The fraction of sp³-hybridized carbons (Fsp3) is 0.364. The molecule has 0 fully saturated rings. The summed E-state index contributed by atoms with van der Waals surface area (Å²) >= 11 is 0. The van der Waals surface area contributed by atoms with Crippen LogP contribution in [-0.2, 0) is 6.61 Å². The fourth-order valence-electron chi connectivity index (χ4n) is 3.08. The SMILES string of the molecule is Cc1nc2c(OCc3c(F)cccc3F)cc(C(C)F)cn2c1C(=O)NCC(C)(N)CF. The van der Waals surface area contributed by atoms with Crippen LogP contribution in [0.2, 0.25) is 0 Å². The first-order valence-electron chi connectivity index (χ1n) is 9.89. The number of halogens is 4. The van der Waals surface area contributed by atoms with Crippen LogP contribution in [0.15, 0.2) is 30.5 Å². The number of hydrogen-bond donors (Lipinski definition) is 2. The zero-order chi connectivity index (χ0) is 23.6. The maximum absolute atomic E-state index is 14.2. The smallest absolute Gasteiger partial charge is 0.270 e. The molecule has 0 saturated heterocycles. The van der Waals surface area contributed by atoms with Crippen molar-refractivity contribution in [3.8, 4) is 5.75 Å². The maximum Gasteiger partial charge on any atom is 0.270 e. The van der Waals surface area contributed by atoms with E-state index in [0.29, 0.717) is 5.69 Å². The van der Waals surface area contributed by atoms with Gasteiger partial charge in [-0.05, 0) is 39.0 Å². The van der Waals surface area contributed by atoms with Crippen molar-refractivity contribution in [2.75, 3.05) is 13.2 Å². The van der Waals surface area contributed by atoms with Crippen molar-refractivity contribution in [2.24, 2.45) is 5.73 Å². The summed E-state index contributed by atoms with van der Waals surface area (Å²) in [5, 5.41) is 2.55. The molecule has 172 valence electrons. The number of benzene rings is 1. The van der Waals surface area contributed by atoms with E-state index in [0.717, 1.165) is 12.1 Å². The molecule has 3 N–H and O–H groups in total. The second-order valence-electron chi connectivity index (χ2n) is 7.95. The number of rotatable bonds is 8.